The summed E-state index contributed by atoms with van der Waals surface area (Å²) >= 11 is 13.6. The zero-order chi connectivity index (χ0) is 13.0. The van der Waals surface area contributed by atoms with Crippen molar-refractivity contribution in [3.8, 4) is 0 Å². The van der Waals surface area contributed by atoms with Gasteiger partial charge in [0.25, 0.3) is 0 Å². The second kappa shape index (κ2) is 6.53. The Bertz CT molecular complexity index is 525. The van der Waals surface area contributed by atoms with Crippen molar-refractivity contribution in [2.75, 3.05) is 0 Å². The molecule has 0 aliphatic carbocycles. The number of thiazole rings is 1. The van der Waals surface area contributed by atoms with Gasteiger partial charge in [-0.15, -0.1) is 11.3 Å². The van der Waals surface area contributed by atoms with Crippen molar-refractivity contribution in [3.05, 3.63) is 49.9 Å². The summed E-state index contributed by atoms with van der Waals surface area (Å²) in [7, 11) is 0. The first-order valence-corrected chi connectivity index (χ1v) is 7.34. The SMILES string of the molecule is CCc1cnc(CNCc2ccc(Cl)c(Cl)c2)s1. The summed E-state index contributed by atoms with van der Waals surface area (Å²) in [6.45, 7) is 3.68. The van der Waals surface area contributed by atoms with Crippen LogP contribution in [0, 0.1) is 0 Å². The Morgan fingerprint density at radius 2 is 2.06 bits per heavy atom. The van der Waals surface area contributed by atoms with Crippen molar-refractivity contribution < 1.29 is 0 Å². The topological polar surface area (TPSA) is 24.9 Å². The van der Waals surface area contributed by atoms with Crippen molar-refractivity contribution in [1.29, 1.82) is 0 Å². The highest BCUT2D eigenvalue weighted by molar-refractivity contribution is 7.11. The molecule has 18 heavy (non-hydrogen) atoms. The molecule has 2 rings (SSSR count). The van der Waals surface area contributed by atoms with Crippen LogP contribution in [0.5, 0.6) is 0 Å². The first-order chi connectivity index (χ1) is 8.69. The quantitative estimate of drug-likeness (QED) is 0.890. The van der Waals surface area contributed by atoms with Crippen LogP contribution >= 0.6 is 34.5 Å². The summed E-state index contributed by atoms with van der Waals surface area (Å²) in [5.74, 6) is 0. The lowest BCUT2D eigenvalue weighted by molar-refractivity contribution is 0.690. The molecule has 2 aromatic rings. The van der Waals surface area contributed by atoms with Crippen LogP contribution in [0.3, 0.4) is 0 Å². The van der Waals surface area contributed by atoms with E-state index in [1.807, 2.05) is 24.4 Å². The molecule has 0 atom stereocenters. The van der Waals surface area contributed by atoms with Gasteiger partial charge in [-0.1, -0.05) is 36.2 Å². The summed E-state index contributed by atoms with van der Waals surface area (Å²) in [5, 5.41) is 5.65. The first-order valence-electron chi connectivity index (χ1n) is 5.77. The minimum absolute atomic E-state index is 0.591. The number of hydrogen-bond acceptors (Lipinski definition) is 3. The lowest BCUT2D eigenvalue weighted by atomic mass is 10.2. The van der Waals surface area contributed by atoms with E-state index in [1.54, 1.807) is 11.3 Å². The lowest BCUT2D eigenvalue weighted by Crippen LogP contribution is -2.12. The molecule has 0 aliphatic heterocycles. The predicted octanol–water partition coefficient (Wildman–Crippen LogP) is 4.30. The molecular formula is C13H14Cl2N2S. The number of halogens is 2. The molecule has 0 bridgehead atoms. The highest BCUT2D eigenvalue weighted by atomic mass is 35.5. The summed E-state index contributed by atoms with van der Waals surface area (Å²) in [4.78, 5) is 5.68. The molecule has 1 N–H and O–H groups in total. The molecule has 0 aliphatic rings. The van der Waals surface area contributed by atoms with Crippen molar-refractivity contribution in [1.82, 2.24) is 10.3 Å². The molecule has 2 nitrogen and oxygen atoms in total. The second-order valence-electron chi connectivity index (χ2n) is 3.93. The smallest absolute Gasteiger partial charge is 0.107 e. The van der Waals surface area contributed by atoms with Gasteiger partial charge in [0.2, 0.25) is 0 Å². The maximum Gasteiger partial charge on any atom is 0.107 e. The van der Waals surface area contributed by atoms with Gasteiger partial charge >= 0.3 is 0 Å². The standard InChI is InChI=1S/C13H14Cl2N2S/c1-2-10-7-17-13(18-10)8-16-6-9-3-4-11(14)12(15)5-9/h3-5,7,16H,2,6,8H2,1H3. The van der Waals surface area contributed by atoms with E-state index in [4.69, 9.17) is 23.2 Å². The van der Waals surface area contributed by atoms with Gasteiger partial charge in [0.05, 0.1) is 10.0 Å². The van der Waals surface area contributed by atoms with E-state index in [0.29, 0.717) is 10.0 Å². The van der Waals surface area contributed by atoms with Gasteiger partial charge in [-0.2, -0.15) is 0 Å². The summed E-state index contributed by atoms with van der Waals surface area (Å²) in [5.41, 5.74) is 1.12. The number of nitrogens with zero attached hydrogens (tertiary/aromatic N) is 1. The molecule has 96 valence electrons. The van der Waals surface area contributed by atoms with Crippen molar-refractivity contribution in [2.45, 2.75) is 26.4 Å². The highest BCUT2D eigenvalue weighted by Gasteiger charge is 2.02. The third kappa shape index (κ3) is 3.69. The number of benzene rings is 1. The average molecular weight is 301 g/mol. The molecular weight excluding hydrogens is 287 g/mol. The van der Waals surface area contributed by atoms with Crippen LogP contribution < -0.4 is 5.32 Å². The minimum Gasteiger partial charge on any atom is -0.306 e. The van der Waals surface area contributed by atoms with E-state index in [9.17, 15) is 0 Å². The molecule has 5 heteroatoms. The van der Waals surface area contributed by atoms with E-state index in [1.165, 1.54) is 4.88 Å². The Hall–Kier alpha value is -0.610. The number of hydrogen-bond donors (Lipinski definition) is 1. The van der Waals surface area contributed by atoms with Crippen molar-refractivity contribution in [3.63, 3.8) is 0 Å². The number of rotatable bonds is 5. The number of aryl methyl sites for hydroxylation is 1. The predicted molar refractivity (Wildman–Crippen MR) is 78.5 cm³/mol. The molecule has 0 spiro atoms. The Balaban J connectivity index is 1.86. The van der Waals surface area contributed by atoms with Gasteiger partial charge in [-0.3, -0.25) is 0 Å². The normalized spacial score (nSPS) is 10.8. The number of aromatic nitrogens is 1. The fraction of sp³-hybridized carbons (Fsp3) is 0.308. The van der Waals surface area contributed by atoms with Crippen molar-refractivity contribution >= 4 is 34.5 Å². The van der Waals surface area contributed by atoms with Crippen LogP contribution in [-0.4, -0.2) is 4.98 Å². The molecule has 0 radical (unpaired) electrons. The van der Waals surface area contributed by atoms with E-state index in [0.717, 1.165) is 30.1 Å². The Labute approximate surface area is 121 Å². The zero-order valence-electron chi connectivity index (χ0n) is 10.0. The van der Waals surface area contributed by atoms with Gasteiger partial charge in [0.15, 0.2) is 0 Å². The van der Waals surface area contributed by atoms with Crippen LogP contribution in [0.2, 0.25) is 10.0 Å². The lowest BCUT2D eigenvalue weighted by Gasteiger charge is -2.04. The maximum atomic E-state index is 5.96. The third-order valence-electron chi connectivity index (χ3n) is 2.54. The molecule has 0 amide bonds. The van der Waals surface area contributed by atoms with Gasteiger partial charge < -0.3 is 5.32 Å². The van der Waals surface area contributed by atoms with Crippen LogP contribution in [0.25, 0.3) is 0 Å². The summed E-state index contributed by atoms with van der Waals surface area (Å²) in [6.07, 6.45) is 2.99. The van der Waals surface area contributed by atoms with Gasteiger partial charge in [-0.25, -0.2) is 4.98 Å². The largest absolute Gasteiger partial charge is 0.306 e. The van der Waals surface area contributed by atoms with E-state index >= 15 is 0 Å². The minimum atomic E-state index is 0.591. The van der Waals surface area contributed by atoms with Crippen LogP contribution in [0.4, 0.5) is 0 Å². The first kappa shape index (κ1) is 13.8. The Kier molecular flexibility index (Phi) is 5.01. The second-order valence-corrected chi connectivity index (χ2v) is 5.94. The van der Waals surface area contributed by atoms with Crippen LogP contribution in [0.1, 0.15) is 22.4 Å². The Morgan fingerprint density at radius 1 is 1.22 bits per heavy atom. The summed E-state index contributed by atoms with van der Waals surface area (Å²) in [6, 6.07) is 5.68. The molecule has 0 saturated carbocycles. The van der Waals surface area contributed by atoms with Crippen LogP contribution in [0.15, 0.2) is 24.4 Å². The monoisotopic (exact) mass is 300 g/mol. The molecule has 1 aromatic heterocycles. The van der Waals surface area contributed by atoms with Gasteiger partial charge in [-0.05, 0) is 24.1 Å². The fourth-order valence-electron chi connectivity index (χ4n) is 1.56. The summed E-state index contributed by atoms with van der Waals surface area (Å²) < 4.78 is 0. The molecule has 1 heterocycles. The molecule has 0 saturated heterocycles. The molecule has 1 aromatic carbocycles. The molecule has 0 unspecified atom stereocenters. The van der Waals surface area contributed by atoms with Gasteiger partial charge in [0, 0.05) is 24.2 Å². The maximum absolute atomic E-state index is 5.96. The van der Waals surface area contributed by atoms with Crippen LogP contribution in [-0.2, 0) is 19.5 Å². The average Bonchev–Trinajstić information content (AvgIpc) is 2.82. The van der Waals surface area contributed by atoms with Gasteiger partial charge in [0.1, 0.15) is 5.01 Å². The highest BCUT2D eigenvalue weighted by Crippen LogP contribution is 2.22. The van der Waals surface area contributed by atoms with E-state index in [-0.39, 0.29) is 0 Å². The molecule has 0 fully saturated rings. The zero-order valence-corrected chi connectivity index (χ0v) is 12.4. The third-order valence-corrected chi connectivity index (χ3v) is 4.42. The van der Waals surface area contributed by atoms with Crippen molar-refractivity contribution in [2.24, 2.45) is 0 Å². The Morgan fingerprint density at radius 3 is 2.72 bits per heavy atom. The number of nitrogens with one attached hydrogen (secondary N) is 1. The van der Waals surface area contributed by atoms with E-state index in [2.05, 4.69) is 17.2 Å². The van der Waals surface area contributed by atoms with E-state index < -0.39 is 0 Å². The fourth-order valence-corrected chi connectivity index (χ4v) is 2.71.